The lowest BCUT2D eigenvalue weighted by atomic mass is 9.98. The molecule has 0 N–H and O–H groups in total. The number of aromatic nitrogens is 4. The van der Waals surface area contributed by atoms with Crippen molar-refractivity contribution in [1.82, 2.24) is 19.1 Å². The minimum Gasteiger partial charge on any atom is -0.309 e. The van der Waals surface area contributed by atoms with Crippen LogP contribution < -0.4 is 0 Å². The van der Waals surface area contributed by atoms with Crippen LogP contribution in [0.5, 0.6) is 0 Å². The highest BCUT2D eigenvalue weighted by atomic mass is 15.2. The van der Waals surface area contributed by atoms with Crippen LogP contribution in [0.3, 0.4) is 0 Å². The van der Waals surface area contributed by atoms with Gasteiger partial charge in [-0.2, -0.15) is 0 Å². The van der Waals surface area contributed by atoms with E-state index in [0.717, 1.165) is 88.9 Å². The molecule has 3 aromatic heterocycles. The SMILES string of the molecule is C=C(/C=C\C=C/C)c1ccc2c(c1)c1cc(-c3ccc4c(c3)c3cc(-c5ccccc5)ccc3n4-c3nc(-c4ccccc4)cc(-c4ccccc4)n3)ccc1n2-c1ccccc1. The number of benzene rings is 8. The number of hydrogen-bond acceptors (Lipinski definition) is 2. The molecule has 0 aliphatic rings. The zero-order valence-electron chi connectivity index (χ0n) is 34.9. The average molecular weight is 807 g/mol. The monoisotopic (exact) mass is 806 g/mol. The smallest absolute Gasteiger partial charge is 0.235 e. The van der Waals surface area contributed by atoms with Gasteiger partial charge in [0.15, 0.2) is 0 Å². The summed E-state index contributed by atoms with van der Waals surface area (Å²) in [5.41, 5.74) is 16.0. The molecule has 11 rings (SSSR count). The van der Waals surface area contributed by atoms with E-state index in [9.17, 15) is 0 Å². The molecule has 0 aliphatic heterocycles. The summed E-state index contributed by atoms with van der Waals surface area (Å²) in [4.78, 5) is 10.6. The highest BCUT2D eigenvalue weighted by Gasteiger charge is 2.20. The van der Waals surface area contributed by atoms with E-state index >= 15 is 0 Å². The third-order valence-corrected chi connectivity index (χ3v) is 12.0. The minimum atomic E-state index is 0.628. The third kappa shape index (κ3) is 6.84. The third-order valence-electron chi connectivity index (χ3n) is 12.0. The first-order valence-corrected chi connectivity index (χ1v) is 21.4. The van der Waals surface area contributed by atoms with E-state index in [0.29, 0.717) is 5.95 Å². The van der Waals surface area contributed by atoms with Crippen molar-refractivity contribution in [1.29, 1.82) is 0 Å². The molecule has 0 saturated heterocycles. The molecule has 0 atom stereocenters. The second kappa shape index (κ2) is 15.9. The van der Waals surface area contributed by atoms with Gasteiger partial charge in [0.25, 0.3) is 0 Å². The Labute approximate surface area is 366 Å². The zero-order chi connectivity index (χ0) is 42.3. The number of nitrogens with zero attached hydrogens (tertiary/aromatic N) is 4. The first-order valence-electron chi connectivity index (χ1n) is 21.4. The number of fused-ring (bicyclic) bond motifs is 6. The summed E-state index contributed by atoms with van der Waals surface area (Å²) >= 11 is 0. The summed E-state index contributed by atoms with van der Waals surface area (Å²) in [5, 5.41) is 4.64. The fourth-order valence-corrected chi connectivity index (χ4v) is 8.91. The van der Waals surface area contributed by atoms with Crippen LogP contribution in [0.25, 0.3) is 106 Å². The second-order valence-electron chi connectivity index (χ2n) is 15.9. The highest BCUT2D eigenvalue weighted by molar-refractivity contribution is 6.13. The van der Waals surface area contributed by atoms with Crippen molar-refractivity contribution in [3.8, 4) is 56.4 Å². The highest BCUT2D eigenvalue weighted by Crippen LogP contribution is 2.40. The zero-order valence-corrected chi connectivity index (χ0v) is 34.9. The lowest BCUT2D eigenvalue weighted by Gasteiger charge is -2.12. The Hall–Kier alpha value is -8.34. The molecular weight excluding hydrogens is 765 g/mol. The van der Waals surface area contributed by atoms with Gasteiger partial charge >= 0.3 is 0 Å². The largest absolute Gasteiger partial charge is 0.309 e. The molecule has 298 valence electrons. The van der Waals surface area contributed by atoms with Crippen molar-refractivity contribution in [2.45, 2.75) is 6.92 Å². The number of allylic oxidation sites excluding steroid dienone is 5. The molecule has 4 nitrogen and oxygen atoms in total. The summed E-state index contributed by atoms with van der Waals surface area (Å²) < 4.78 is 4.60. The summed E-state index contributed by atoms with van der Waals surface area (Å²) in [6.45, 7) is 6.44. The van der Waals surface area contributed by atoms with E-state index in [1.807, 2.05) is 37.3 Å². The maximum Gasteiger partial charge on any atom is 0.235 e. The van der Waals surface area contributed by atoms with Crippen molar-refractivity contribution in [3.63, 3.8) is 0 Å². The molecule has 3 heterocycles. The molecule has 0 bridgehead atoms. The van der Waals surface area contributed by atoms with E-state index < -0.39 is 0 Å². The van der Waals surface area contributed by atoms with Gasteiger partial charge in [0.2, 0.25) is 5.95 Å². The lowest BCUT2D eigenvalue weighted by molar-refractivity contribution is 0.995. The first-order chi connectivity index (χ1) is 31.1. The van der Waals surface area contributed by atoms with Gasteiger partial charge in [-0.3, -0.25) is 4.57 Å². The molecule has 4 heteroatoms. The molecular formula is C59H42N4. The van der Waals surface area contributed by atoms with Crippen LogP contribution >= 0.6 is 0 Å². The van der Waals surface area contributed by atoms with Crippen molar-refractivity contribution < 1.29 is 0 Å². The Balaban J connectivity index is 1.13. The maximum absolute atomic E-state index is 5.30. The molecule has 0 spiro atoms. The average Bonchev–Trinajstić information content (AvgIpc) is 3.86. The lowest BCUT2D eigenvalue weighted by Crippen LogP contribution is -2.04. The second-order valence-corrected chi connectivity index (χ2v) is 15.9. The summed E-state index contributed by atoms with van der Waals surface area (Å²) in [6.07, 6.45) is 8.18. The van der Waals surface area contributed by atoms with E-state index in [1.165, 1.54) is 16.3 Å². The number of rotatable bonds is 9. The molecule has 0 saturated carbocycles. The standard InChI is InChI=1S/C59H42N4/c1-3-4-9-18-40(2)44-27-31-55-49(35-44)50-37-46(29-32-56(50)62(55)48-25-16-8-17-26-48)47-30-34-58-52(38-47)51-36-45(41-19-10-5-11-20-41)28-33-57(51)63(58)59-60-53(42-21-12-6-13-22-42)39-54(61-59)43-23-14-7-15-24-43/h3-39H,2H2,1H3/b4-3-,18-9-. The Bertz CT molecular complexity index is 3500. The van der Waals surface area contributed by atoms with Gasteiger partial charge in [0, 0.05) is 38.4 Å². The quantitative estimate of drug-likeness (QED) is 0.136. The molecule has 0 amide bonds. The van der Waals surface area contributed by atoms with Crippen LogP contribution in [0, 0.1) is 0 Å². The van der Waals surface area contributed by atoms with Gasteiger partial charge in [0.05, 0.1) is 33.5 Å². The molecule has 11 aromatic rings. The molecule has 0 fully saturated rings. The van der Waals surface area contributed by atoms with E-state index in [4.69, 9.17) is 9.97 Å². The van der Waals surface area contributed by atoms with Crippen molar-refractivity contribution >= 4 is 49.2 Å². The van der Waals surface area contributed by atoms with Crippen molar-refractivity contribution in [2.75, 3.05) is 0 Å². The normalized spacial score (nSPS) is 11.8. The first kappa shape index (κ1) is 37.6. The topological polar surface area (TPSA) is 35.6 Å². The summed E-state index contributed by atoms with van der Waals surface area (Å²) in [5.74, 6) is 0.628. The van der Waals surface area contributed by atoms with E-state index in [1.54, 1.807) is 0 Å². The fraction of sp³-hybridized carbons (Fsp3) is 0.0169. The molecule has 0 unspecified atom stereocenters. The maximum atomic E-state index is 5.30. The van der Waals surface area contributed by atoms with E-state index in [-0.39, 0.29) is 0 Å². The summed E-state index contributed by atoms with van der Waals surface area (Å²) in [7, 11) is 0. The van der Waals surface area contributed by atoms with Gasteiger partial charge < -0.3 is 4.57 Å². The number of hydrogen-bond donors (Lipinski definition) is 0. The predicted octanol–water partition coefficient (Wildman–Crippen LogP) is 15.5. The Morgan fingerprint density at radius 2 is 0.841 bits per heavy atom. The van der Waals surface area contributed by atoms with E-state index in [2.05, 4.69) is 210 Å². The summed E-state index contributed by atoms with van der Waals surface area (Å²) in [6, 6.07) is 71.2. The molecule has 0 radical (unpaired) electrons. The van der Waals surface area contributed by atoms with Gasteiger partial charge in [0.1, 0.15) is 0 Å². The van der Waals surface area contributed by atoms with Crippen molar-refractivity contribution in [3.05, 3.63) is 237 Å². The predicted molar refractivity (Wildman–Crippen MR) is 265 cm³/mol. The van der Waals surface area contributed by atoms with Crippen LogP contribution in [0.4, 0.5) is 0 Å². The van der Waals surface area contributed by atoms with Gasteiger partial charge in [-0.1, -0.05) is 164 Å². The van der Waals surface area contributed by atoms with Gasteiger partial charge in [-0.25, -0.2) is 9.97 Å². The Morgan fingerprint density at radius 1 is 0.413 bits per heavy atom. The number of para-hydroxylation sites is 1. The van der Waals surface area contributed by atoms with Crippen LogP contribution in [0.15, 0.2) is 231 Å². The molecule has 63 heavy (non-hydrogen) atoms. The van der Waals surface area contributed by atoms with Gasteiger partial charge in [-0.15, -0.1) is 0 Å². The fourth-order valence-electron chi connectivity index (χ4n) is 8.91. The van der Waals surface area contributed by atoms with Crippen molar-refractivity contribution in [2.24, 2.45) is 0 Å². The minimum absolute atomic E-state index is 0.628. The van der Waals surface area contributed by atoms with Gasteiger partial charge in [-0.05, 0) is 107 Å². The van der Waals surface area contributed by atoms with Crippen LogP contribution in [-0.4, -0.2) is 19.1 Å². The van der Waals surface area contributed by atoms with Crippen LogP contribution in [0.1, 0.15) is 12.5 Å². The Kier molecular flexibility index (Phi) is 9.52. The van der Waals surface area contributed by atoms with Crippen LogP contribution in [0.2, 0.25) is 0 Å². The Morgan fingerprint density at radius 3 is 1.35 bits per heavy atom. The molecule has 0 aliphatic carbocycles. The van der Waals surface area contributed by atoms with Crippen LogP contribution in [-0.2, 0) is 0 Å². The molecule has 8 aromatic carbocycles.